The topological polar surface area (TPSA) is 73.1 Å². The number of carbonyl (C=O) groups excluding carboxylic acids is 1. The fourth-order valence-electron chi connectivity index (χ4n) is 1.98. The summed E-state index contributed by atoms with van der Waals surface area (Å²) in [4.78, 5) is 12.2. The van der Waals surface area contributed by atoms with Crippen LogP contribution in [-0.4, -0.2) is 38.7 Å². The number of hydrogen-bond donors (Lipinski definition) is 2. The van der Waals surface area contributed by atoms with E-state index in [1.807, 2.05) is 0 Å². The number of halogens is 3. The number of phenolic OH excluding ortho intramolecular Hbond substituents is 1. The molecule has 0 unspecified atom stereocenters. The van der Waals surface area contributed by atoms with Gasteiger partial charge in [0.05, 0.1) is 0 Å². The lowest BCUT2D eigenvalue weighted by Crippen LogP contribution is -2.45. The molecule has 5 nitrogen and oxygen atoms in total. The molecule has 0 spiro atoms. The summed E-state index contributed by atoms with van der Waals surface area (Å²) in [7, 11) is 0. The molecule has 8 heteroatoms. The van der Waals surface area contributed by atoms with Crippen LogP contribution >= 0.6 is 0 Å². The van der Waals surface area contributed by atoms with Gasteiger partial charge in [-0.05, 0) is 30.7 Å². The average Bonchev–Trinajstić information content (AvgIpc) is 2.77. The standard InChI is InChI=1S/C13H13F3N2O3/c1-2-12(21)7-10(13(14,15)16)17-18(12)11(20)8-3-5-9(19)6-4-8/h3-6,19,21H,2,7H2,1H3/t12-/m0/s1. The number of rotatable bonds is 2. The van der Waals surface area contributed by atoms with E-state index in [1.54, 1.807) is 0 Å². The minimum Gasteiger partial charge on any atom is -0.508 e. The van der Waals surface area contributed by atoms with E-state index in [4.69, 9.17) is 5.11 Å². The third-order valence-corrected chi connectivity index (χ3v) is 3.27. The van der Waals surface area contributed by atoms with Gasteiger partial charge in [-0.3, -0.25) is 4.79 Å². The van der Waals surface area contributed by atoms with Crippen LogP contribution in [0.4, 0.5) is 13.2 Å². The molecule has 1 amide bonds. The van der Waals surface area contributed by atoms with Crippen LogP contribution in [0.1, 0.15) is 30.1 Å². The molecule has 21 heavy (non-hydrogen) atoms. The van der Waals surface area contributed by atoms with Crippen molar-refractivity contribution in [2.24, 2.45) is 5.10 Å². The molecule has 0 saturated heterocycles. The Hall–Kier alpha value is -2.09. The van der Waals surface area contributed by atoms with E-state index in [1.165, 1.54) is 31.2 Å². The predicted octanol–water partition coefficient (Wildman–Crippen LogP) is 2.25. The summed E-state index contributed by atoms with van der Waals surface area (Å²) in [5.74, 6) is -0.947. The molecule has 0 saturated carbocycles. The molecule has 1 aromatic carbocycles. The van der Waals surface area contributed by atoms with Crippen LogP contribution in [0.3, 0.4) is 0 Å². The van der Waals surface area contributed by atoms with E-state index in [9.17, 15) is 23.1 Å². The number of aromatic hydroxyl groups is 1. The van der Waals surface area contributed by atoms with E-state index >= 15 is 0 Å². The fraction of sp³-hybridized carbons (Fsp3) is 0.385. The Kier molecular flexibility index (Phi) is 3.66. The number of aliphatic hydroxyl groups is 1. The van der Waals surface area contributed by atoms with Gasteiger partial charge in [-0.2, -0.15) is 23.3 Å². The maximum Gasteiger partial charge on any atom is 0.431 e. The van der Waals surface area contributed by atoms with Crippen LogP contribution in [0.25, 0.3) is 0 Å². The first-order valence-electron chi connectivity index (χ1n) is 6.18. The van der Waals surface area contributed by atoms with Crippen molar-refractivity contribution in [3.63, 3.8) is 0 Å². The minimum absolute atomic E-state index is 0.0202. The molecule has 1 atom stereocenters. The highest BCUT2D eigenvalue weighted by atomic mass is 19.4. The van der Waals surface area contributed by atoms with Gasteiger partial charge in [-0.25, -0.2) is 0 Å². The molecule has 2 N–H and O–H groups in total. The highest BCUT2D eigenvalue weighted by Crippen LogP contribution is 2.35. The van der Waals surface area contributed by atoms with Gasteiger partial charge in [0.25, 0.3) is 5.91 Å². The molecule has 0 aromatic heterocycles. The van der Waals surface area contributed by atoms with Crippen molar-refractivity contribution < 1.29 is 28.2 Å². The quantitative estimate of drug-likeness (QED) is 0.880. The molecule has 0 aliphatic carbocycles. The molecule has 1 aliphatic heterocycles. The van der Waals surface area contributed by atoms with Crippen LogP contribution in [0.15, 0.2) is 29.4 Å². The second-order valence-corrected chi connectivity index (χ2v) is 4.72. The van der Waals surface area contributed by atoms with E-state index in [-0.39, 0.29) is 17.7 Å². The maximum absolute atomic E-state index is 12.7. The molecule has 0 bridgehead atoms. The van der Waals surface area contributed by atoms with Gasteiger partial charge >= 0.3 is 6.18 Å². The Labute approximate surface area is 118 Å². The summed E-state index contributed by atoms with van der Waals surface area (Å²) in [6.45, 7) is 1.46. The Balaban J connectivity index is 2.37. The first-order valence-corrected chi connectivity index (χ1v) is 6.18. The Morgan fingerprint density at radius 2 is 1.95 bits per heavy atom. The third kappa shape index (κ3) is 2.85. The van der Waals surface area contributed by atoms with Crippen molar-refractivity contribution in [1.29, 1.82) is 0 Å². The second kappa shape index (κ2) is 5.03. The number of hydrazone groups is 1. The number of phenols is 1. The van der Waals surface area contributed by atoms with Crippen LogP contribution in [0.5, 0.6) is 5.75 Å². The lowest BCUT2D eigenvalue weighted by Gasteiger charge is -2.29. The van der Waals surface area contributed by atoms with Crippen molar-refractivity contribution in [3.05, 3.63) is 29.8 Å². The van der Waals surface area contributed by atoms with E-state index in [0.29, 0.717) is 5.01 Å². The molecule has 114 valence electrons. The minimum atomic E-state index is -4.70. The van der Waals surface area contributed by atoms with Gasteiger partial charge in [-0.1, -0.05) is 6.92 Å². The SMILES string of the molecule is CC[C@]1(O)CC(C(F)(F)F)=NN1C(=O)c1ccc(O)cc1. The largest absolute Gasteiger partial charge is 0.508 e. The van der Waals surface area contributed by atoms with Crippen molar-refractivity contribution in [3.8, 4) is 5.75 Å². The molecule has 0 radical (unpaired) electrons. The summed E-state index contributed by atoms with van der Waals surface area (Å²) in [5, 5.41) is 23.1. The van der Waals surface area contributed by atoms with Crippen LogP contribution in [0.2, 0.25) is 0 Å². The normalized spacial score (nSPS) is 22.3. The van der Waals surface area contributed by atoms with Gasteiger partial charge < -0.3 is 10.2 Å². The molecule has 1 aromatic rings. The number of hydrogen-bond acceptors (Lipinski definition) is 4. The smallest absolute Gasteiger partial charge is 0.431 e. The van der Waals surface area contributed by atoms with Gasteiger partial charge in [0, 0.05) is 12.0 Å². The van der Waals surface area contributed by atoms with Gasteiger partial charge in [0.15, 0.2) is 5.72 Å². The number of carbonyl (C=O) groups is 1. The Bertz CT molecular complexity index is 583. The second-order valence-electron chi connectivity index (χ2n) is 4.72. The van der Waals surface area contributed by atoms with Gasteiger partial charge in [0.1, 0.15) is 11.5 Å². The molecule has 1 heterocycles. The molecular weight excluding hydrogens is 289 g/mol. The predicted molar refractivity (Wildman–Crippen MR) is 67.6 cm³/mol. The van der Waals surface area contributed by atoms with Gasteiger partial charge in [-0.15, -0.1) is 0 Å². The van der Waals surface area contributed by atoms with Crippen molar-refractivity contribution >= 4 is 11.6 Å². The van der Waals surface area contributed by atoms with E-state index < -0.39 is 29.9 Å². The lowest BCUT2D eigenvalue weighted by molar-refractivity contribution is -0.0784. The zero-order chi connectivity index (χ0) is 15.8. The van der Waals surface area contributed by atoms with Crippen LogP contribution < -0.4 is 0 Å². The summed E-state index contributed by atoms with van der Waals surface area (Å²) in [6.07, 6.45) is -5.57. The van der Waals surface area contributed by atoms with Gasteiger partial charge in [0.2, 0.25) is 0 Å². The summed E-state index contributed by atoms with van der Waals surface area (Å²) in [5.41, 5.74) is -3.18. The molecular formula is C13H13F3N2O3. The monoisotopic (exact) mass is 302 g/mol. The first-order chi connectivity index (χ1) is 9.67. The zero-order valence-electron chi connectivity index (χ0n) is 11.1. The number of alkyl halides is 3. The summed E-state index contributed by atoms with van der Waals surface area (Å²) in [6, 6.07) is 4.94. The number of amides is 1. The Morgan fingerprint density at radius 1 is 1.38 bits per heavy atom. The number of benzene rings is 1. The average molecular weight is 302 g/mol. The highest BCUT2D eigenvalue weighted by Gasteiger charge is 2.51. The van der Waals surface area contributed by atoms with Crippen molar-refractivity contribution in [2.75, 3.05) is 0 Å². The third-order valence-electron chi connectivity index (χ3n) is 3.27. The highest BCUT2D eigenvalue weighted by molar-refractivity contribution is 5.99. The first kappa shape index (κ1) is 15.3. The molecule has 1 aliphatic rings. The lowest BCUT2D eigenvalue weighted by atomic mass is 10.0. The Morgan fingerprint density at radius 3 is 2.43 bits per heavy atom. The zero-order valence-corrected chi connectivity index (χ0v) is 11.1. The van der Waals surface area contributed by atoms with Crippen molar-refractivity contribution in [2.45, 2.75) is 31.7 Å². The summed E-state index contributed by atoms with van der Waals surface area (Å²) < 4.78 is 38.2. The maximum atomic E-state index is 12.7. The van der Waals surface area contributed by atoms with Crippen LogP contribution in [0, 0.1) is 0 Å². The number of nitrogens with zero attached hydrogens (tertiary/aromatic N) is 2. The van der Waals surface area contributed by atoms with Crippen LogP contribution in [-0.2, 0) is 0 Å². The molecule has 0 fully saturated rings. The van der Waals surface area contributed by atoms with E-state index in [0.717, 1.165) is 0 Å². The fourth-order valence-corrected chi connectivity index (χ4v) is 1.98. The summed E-state index contributed by atoms with van der Waals surface area (Å²) >= 11 is 0. The molecule has 2 rings (SSSR count). The van der Waals surface area contributed by atoms with E-state index in [2.05, 4.69) is 5.10 Å². The van der Waals surface area contributed by atoms with Crippen molar-refractivity contribution in [1.82, 2.24) is 5.01 Å².